The van der Waals surface area contributed by atoms with Crippen molar-refractivity contribution in [2.45, 2.75) is 31.7 Å². The summed E-state index contributed by atoms with van der Waals surface area (Å²) in [6.07, 6.45) is 1.47. The second-order valence-electron chi connectivity index (χ2n) is 5.01. The number of amides is 1. The number of ketones is 1. The van der Waals surface area contributed by atoms with E-state index in [-0.39, 0.29) is 17.6 Å². The standard InChI is InChI=1S/C12H17NO5/c1-18-12(17)13-6-7-2-3-9(14)4-8(7)5-10(13)11(15)16/h7-8,10H,2-6H2,1H3,(H,15,16)/t7?,8?,10-/m1/s1. The molecule has 1 aliphatic carbocycles. The predicted molar refractivity (Wildman–Crippen MR) is 61.0 cm³/mol. The van der Waals surface area contributed by atoms with Gasteiger partial charge in [-0.3, -0.25) is 9.69 Å². The van der Waals surface area contributed by atoms with Crippen molar-refractivity contribution in [1.82, 2.24) is 4.90 Å². The number of methoxy groups -OCH3 is 1. The van der Waals surface area contributed by atoms with Crippen LogP contribution in [0, 0.1) is 11.8 Å². The van der Waals surface area contributed by atoms with Crippen LogP contribution in [0.15, 0.2) is 0 Å². The molecule has 18 heavy (non-hydrogen) atoms. The van der Waals surface area contributed by atoms with Crippen LogP contribution < -0.4 is 0 Å². The van der Waals surface area contributed by atoms with E-state index >= 15 is 0 Å². The lowest BCUT2D eigenvalue weighted by molar-refractivity contribution is -0.147. The Labute approximate surface area is 105 Å². The second kappa shape index (κ2) is 4.96. The third-order valence-corrected chi connectivity index (χ3v) is 3.98. The summed E-state index contributed by atoms with van der Waals surface area (Å²) in [6.45, 7) is 0.377. The summed E-state index contributed by atoms with van der Waals surface area (Å²) in [7, 11) is 1.25. The van der Waals surface area contributed by atoms with Crippen molar-refractivity contribution in [3.05, 3.63) is 0 Å². The highest BCUT2D eigenvalue weighted by molar-refractivity contribution is 5.82. The molecule has 0 aromatic rings. The Balaban J connectivity index is 2.15. The molecule has 100 valence electrons. The van der Waals surface area contributed by atoms with Gasteiger partial charge < -0.3 is 9.84 Å². The Bertz CT molecular complexity index is 381. The van der Waals surface area contributed by atoms with Crippen LogP contribution in [0.2, 0.25) is 0 Å². The number of likely N-dealkylation sites (tertiary alicyclic amines) is 1. The summed E-state index contributed by atoms with van der Waals surface area (Å²) < 4.78 is 4.63. The van der Waals surface area contributed by atoms with E-state index in [1.807, 2.05) is 0 Å². The van der Waals surface area contributed by atoms with Gasteiger partial charge in [0, 0.05) is 19.4 Å². The van der Waals surface area contributed by atoms with Gasteiger partial charge in [-0.15, -0.1) is 0 Å². The third-order valence-electron chi connectivity index (χ3n) is 3.98. The Morgan fingerprint density at radius 3 is 2.72 bits per heavy atom. The molecule has 1 heterocycles. The van der Waals surface area contributed by atoms with Gasteiger partial charge in [-0.25, -0.2) is 9.59 Å². The quantitative estimate of drug-likeness (QED) is 0.752. The van der Waals surface area contributed by atoms with Crippen LogP contribution in [0.3, 0.4) is 0 Å². The minimum atomic E-state index is -1.03. The van der Waals surface area contributed by atoms with Gasteiger partial charge in [0.2, 0.25) is 0 Å². The predicted octanol–water partition coefficient (Wildman–Crippen LogP) is 0.897. The van der Waals surface area contributed by atoms with E-state index in [1.165, 1.54) is 12.0 Å². The number of carbonyl (C=O) groups excluding carboxylic acids is 2. The Morgan fingerprint density at radius 2 is 2.11 bits per heavy atom. The van der Waals surface area contributed by atoms with E-state index in [0.717, 1.165) is 6.42 Å². The van der Waals surface area contributed by atoms with Crippen molar-refractivity contribution in [2.75, 3.05) is 13.7 Å². The molecule has 1 N–H and O–H groups in total. The number of hydrogen-bond acceptors (Lipinski definition) is 4. The Kier molecular flexibility index (Phi) is 3.54. The molecule has 2 aliphatic rings. The van der Waals surface area contributed by atoms with E-state index in [4.69, 9.17) is 0 Å². The molecular weight excluding hydrogens is 238 g/mol. The minimum absolute atomic E-state index is 0.0910. The second-order valence-corrected chi connectivity index (χ2v) is 5.01. The molecule has 6 nitrogen and oxygen atoms in total. The first-order valence-electron chi connectivity index (χ1n) is 6.12. The van der Waals surface area contributed by atoms with E-state index < -0.39 is 18.1 Å². The van der Waals surface area contributed by atoms with Gasteiger partial charge in [-0.1, -0.05) is 0 Å². The van der Waals surface area contributed by atoms with Crippen LogP contribution in [-0.2, 0) is 14.3 Å². The number of nitrogens with zero attached hydrogens (tertiary/aromatic N) is 1. The van der Waals surface area contributed by atoms with Crippen molar-refractivity contribution >= 4 is 17.8 Å². The number of piperidine rings is 1. The monoisotopic (exact) mass is 255 g/mol. The number of ether oxygens (including phenoxy) is 1. The minimum Gasteiger partial charge on any atom is -0.480 e. The van der Waals surface area contributed by atoms with Gasteiger partial charge in [0.25, 0.3) is 0 Å². The maximum Gasteiger partial charge on any atom is 0.410 e. The molecule has 0 spiro atoms. The molecule has 1 saturated carbocycles. The van der Waals surface area contributed by atoms with E-state index in [0.29, 0.717) is 25.8 Å². The lowest BCUT2D eigenvalue weighted by Crippen LogP contribution is -2.54. The number of hydrogen-bond donors (Lipinski definition) is 1. The molecule has 2 rings (SSSR count). The smallest absolute Gasteiger partial charge is 0.410 e. The number of Topliss-reactive ketones (excluding diaryl/α,β-unsaturated/α-hetero) is 1. The highest BCUT2D eigenvalue weighted by Crippen LogP contribution is 2.37. The first-order chi connectivity index (χ1) is 8.52. The van der Waals surface area contributed by atoms with E-state index in [1.54, 1.807) is 0 Å². The Morgan fingerprint density at radius 1 is 1.39 bits per heavy atom. The number of carboxylic acid groups (broad SMARTS) is 1. The van der Waals surface area contributed by atoms with Crippen LogP contribution in [0.25, 0.3) is 0 Å². The molecule has 6 heteroatoms. The van der Waals surface area contributed by atoms with Crippen molar-refractivity contribution in [3.63, 3.8) is 0 Å². The summed E-state index contributed by atoms with van der Waals surface area (Å²) in [5.74, 6) is -0.519. The maximum absolute atomic E-state index is 11.6. The van der Waals surface area contributed by atoms with Gasteiger partial charge in [-0.2, -0.15) is 0 Å². The molecular formula is C12H17NO5. The normalized spacial score (nSPS) is 31.7. The number of fused-ring (bicyclic) bond motifs is 1. The molecule has 1 aliphatic heterocycles. The number of rotatable bonds is 1. The van der Waals surface area contributed by atoms with Crippen molar-refractivity contribution in [1.29, 1.82) is 0 Å². The van der Waals surface area contributed by atoms with Crippen LogP contribution >= 0.6 is 0 Å². The van der Waals surface area contributed by atoms with Crippen molar-refractivity contribution in [2.24, 2.45) is 11.8 Å². The average molecular weight is 255 g/mol. The average Bonchev–Trinajstić information content (AvgIpc) is 2.36. The van der Waals surface area contributed by atoms with E-state index in [9.17, 15) is 19.5 Å². The summed E-state index contributed by atoms with van der Waals surface area (Å²) >= 11 is 0. The highest BCUT2D eigenvalue weighted by Gasteiger charge is 2.43. The molecule has 0 aromatic heterocycles. The number of carbonyl (C=O) groups is 3. The van der Waals surface area contributed by atoms with Crippen molar-refractivity contribution < 1.29 is 24.2 Å². The molecule has 0 aromatic carbocycles. The summed E-state index contributed by atoms with van der Waals surface area (Å²) in [5, 5.41) is 9.17. The molecule has 2 fully saturated rings. The SMILES string of the molecule is COC(=O)N1CC2CCC(=O)CC2C[C@@H]1C(=O)O. The van der Waals surface area contributed by atoms with E-state index in [2.05, 4.69) is 4.74 Å². The zero-order valence-electron chi connectivity index (χ0n) is 10.3. The zero-order chi connectivity index (χ0) is 13.3. The molecule has 0 radical (unpaired) electrons. The van der Waals surface area contributed by atoms with Gasteiger partial charge in [0.1, 0.15) is 11.8 Å². The molecule has 1 saturated heterocycles. The van der Waals surface area contributed by atoms with Crippen molar-refractivity contribution in [3.8, 4) is 0 Å². The van der Waals surface area contributed by atoms with Gasteiger partial charge >= 0.3 is 12.1 Å². The highest BCUT2D eigenvalue weighted by atomic mass is 16.5. The van der Waals surface area contributed by atoms with Gasteiger partial charge in [0.15, 0.2) is 0 Å². The fraction of sp³-hybridized carbons (Fsp3) is 0.750. The fourth-order valence-corrected chi connectivity index (χ4v) is 3.01. The topological polar surface area (TPSA) is 83.9 Å². The van der Waals surface area contributed by atoms with Crippen LogP contribution in [0.1, 0.15) is 25.7 Å². The molecule has 2 unspecified atom stereocenters. The molecule has 1 amide bonds. The largest absolute Gasteiger partial charge is 0.480 e. The first-order valence-corrected chi connectivity index (χ1v) is 6.12. The summed E-state index contributed by atoms with van der Waals surface area (Å²) in [6, 6.07) is -0.871. The zero-order valence-corrected chi connectivity index (χ0v) is 10.3. The first kappa shape index (κ1) is 12.9. The van der Waals surface area contributed by atoms with Crippen LogP contribution in [0.4, 0.5) is 4.79 Å². The summed E-state index contributed by atoms with van der Waals surface area (Å²) in [5.41, 5.74) is 0. The fourth-order valence-electron chi connectivity index (χ4n) is 3.01. The molecule has 0 bridgehead atoms. The lowest BCUT2D eigenvalue weighted by atomic mass is 9.72. The lowest BCUT2D eigenvalue weighted by Gasteiger charge is -2.43. The maximum atomic E-state index is 11.6. The molecule has 3 atom stereocenters. The number of aliphatic carboxylic acids is 1. The Hall–Kier alpha value is -1.59. The summed E-state index contributed by atoms with van der Waals surface area (Å²) in [4.78, 5) is 35.5. The number of carboxylic acids is 1. The van der Waals surface area contributed by atoms with Gasteiger partial charge in [-0.05, 0) is 24.7 Å². The van der Waals surface area contributed by atoms with Gasteiger partial charge in [0.05, 0.1) is 7.11 Å². The van der Waals surface area contributed by atoms with Crippen LogP contribution in [0.5, 0.6) is 0 Å². The third kappa shape index (κ3) is 2.32. The van der Waals surface area contributed by atoms with Crippen LogP contribution in [-0.4, -0.2) is 47.5 Å².